The van der Waals surface area contributed by atoms with Crippen molar-refractivity contribution in [3.8, 4) is 11.4 Å². The third-order valence-electron chi connectivity index (χ3n) is 7.45. The van der Waals surface area contributed by atoms with Crippen molar-refractivity contribution in [2.24, 2.45) is 0 Å². The Labute approximate surface area is 211 Å². The van der Waals surface area contributed by atoms with Crippen LogP contribution in [0.25, 0.3) is 65.9 Å². The molecule has 174 valence electrons. The lowest BCUT2D eigenvalue weighted by Gasteiger charge is -2.10. The molecule has 0 saturated heterocycles. The number of benzene rings is 5. The van der Waals surface area contributed by atoms with Crippen LogP contribution in [0.5, 0.6) is 0 Å². The summed E-state index contributed by atoms with van der Waals surface area (Å²) in [6.07, 6.45) is 0. The number of pyridine rings is 1. The minimum atomic E-state index is -0.0676. The van der Waals surface area contributed by atoms with Gasteiger partial charge in [0.2, 0.25) is 0 Å². The summed E-state index contributed by atoms with van der Waals surface area (Å²) < 4.78 is 4.62. The van der Waals surface area contributed by atoms with Gasteiger partial charge in [-0.25, -0.2) is 0 Å². The van der Waals surface area contributed by atoms with Crippen LogP contribution in [0.3, 0.4) is 0 Å². The monoisotopic (exact) mass is 475 g/mol. The number of hydrogen-bond acceptors (Lipinski definition) is 1. The van der Waals surface area contributed by atoms with Gasteiger partial charge >= 0.3 is 0 Å². The zero-order valence-corrected chi connectivity index (χ0v) is 19.8. The summed E-state index contributed by atoms with van der Waals surface area (Å²) in [5.41, 5.74) is 7.33. The lowest BCUT2D eigenvalue weighted by atomic mass is 10.1. The molecule has 0 amide bonds. The Kier molecular flexibility index (Phi) is 4.06. The molecule has 0 atom stereocenters. The van der Waals surface area contributed by atoms with E-state index in [1.165, 1.54) is 5.39 Å². The van der Waals surface area contributed by atoms with Gasteiger partial charge in [0.05, 0.1) is 27.6 Å². The third-order valence-corrected chi connectivity index (χ3v) is 7.45. The maximum Gasteiger partial charge on any atom is 0.256 e. The number of fused-ring (bicyclic) bond motifs is 8. The second-order valence-corrected chi connectivity index (χ2v) is 9.47. The van der Waals surface area contributed by atoms with E-state index in [2.05, 4.69) is 99.0 Å². The van der Waals surface area contributed by atoms with E-state index >= 15 is 0 Å². The van der Waals surface area contributed by atoms with E-state index in [9.17, 15) is 4.79 Å². The van der Waals surface area contributed by atoms with Gasteiger partial charge in [0.25, 0.3) is 5.56 Å². The SMILES string of the molecule is O=c1[nH]c2c3cc4c5ccccc5n(-c5ccccc5)c4cc3n(-c3ccccc3)c2c2ccccc12. The van der Waals surface area contributed by atoms with Crippen molar-refractivity contribution >= 4 is 54.5 Å². The van der Waals surface area contributed by atoms with Gasteiger partial charge in [0.1, 0.15) is 0 Å². The van der Waals surface area contributed by atoms with Crippen molar-refractivity contribution in [2.45, 2.75) is 0 Å². The van der Waals surface area contributed by atoms with Crippen LogP contribution in [0.4, 0.5) is 0 Å². The highest BCUT2D eigenvalue weighted by molar-refractivity contribution is 6.21. The fraction of sp³-hybridized carbons (Fsp3) is 0. The Morgan fingerprint density at radius 1 is 0.459 bits per heavy atom. The molecule has 0 bridgehead atoms. The topological polar surface area (TPSA) is 42.7 Å². The van der Waals surface area contributed by atoms with E-state index in [4.69, 9.17) is 0 Å². The molecule has 0 saturated carbocycles. The minimum absolute atomic E-state index is 0.0676. The molecule has 37 heavy (non-hydrogen) atoms. The summed E-state index contributed by atoms with van der Waals surface area (Å²) in [7, 11) is 0. The normalized spacial score (nSPS) is 11.9. The second kappa shape index (κ2) is 7.45. The molecule has 3 heterocycles. The minimum Gasteiger partial charge on any atom is -0.320 e. The third kappa shape index (κ3) is 2.75. The Balaban J connectivity index is 1.65. The van der Waals surface area contributed by atoms with Crippen LogP contribution < -0.4 is 5.56 Å². The van der Waals surface area contributed by atoms with Crippen LogP contribution in [0, 0.1) is 0 Å². The highest BCUT2D eigenvalue weighted by Gasteiger charge is 2.20. The summed E-state index contributed by atoms with van der Waals surface area (Å²) in [5.74, 6) is 0. The van der Waals surface area contributed by atoms with Crippen LogP contribution in [-0.2, 0) is 0 Å². The number of aromatic nitrogens is 3. The second-order valence-electron chi connectivity index (χ2n) is 9.47. The molecule has 0 fully saturated rings. The summed E-state index contributed by atoms with van der Waals surface area (Å²) >= 11 is 0. The molecule has 8 aromatic rings. The lowest BCUT2D eigenvalue weighted by molar-refractivity contribution is 1.17. The number of aromatic amines is 1. The molecule has 3 aromatic heterocycles. The number of nitrogens with one attached hydrogen (secondary N) is 1. The van der Waals surface area contributed by atoms with Gasteiger partial charge in [-0.05, 0) is 48.5 Å². The molecular formula is C33H21N3O. The zero-order valence-electron chi connectivity index (χ0n) is 19.8. The van der Waals surface area contributed by atoms with Gasteiger partial charge in [0.15, 0.2) is 0 Å². The van der Waals surface area contributed by atoms with Gasteiger partial charge in [-0.1, -0.05) is 72.8 Å². The fourth-order valence-corrected chi connectivity index (χ4v) is 5.90. The average molecular weight is 476 g/mol. The predicted octanol–water partition coefficient (Wildman–Crippen LogP) is 7.72. The first kappa shape index (κ1) is 20.1. The highest BCUT2D eigenvalue weighted by atomic mass is 16.1. The van der Waals surface area contributed by atoms with Crippen molar-refractivity contribution in [2.75, 3.05) is 0 Å². The first-order chi connectivity index (χ1) is 18.3. The zero-order chi connectivity index (χ0) is 24.5. The molecule has 0 aliphatic carbocycles. The van der Waals surface area contributed by atoms with Crippen molar-refractivity contribution in [1.82, 2.24) is 14.1 Å². The molecule has 1 N–H and O–H groups in total. The Hall–Kier alpha value is -5.09. The van der Waals surface area contributed by atoms with Crippen molar-refractivity contribution in [1.29, 1.82) is 0 Å². The number of hydrogen-bond donors (Lipinski definition) is 1. The van der Waals surface area contributed by atoms with Crippen LogP contribution in [0.1, 0.15) is 0 Å². The number of H-pyrrole nitrogens is 1. The Morgan fingerprint density at radius 3 is 1.76 bits per heavy atom. The van der Waals surface area contributed by atoms with E-state index in [-0.39, 0.29) is 5.56 Å². The van der Waals surface area contributed by atoms with E-state index < -0.39 is 0 Å². The maximum absolute atomic E-state index is 13.2. The largest absolute Gasteiger partial charge is 0.320 e. The first-order valence-electron chi connectivity index (χ1n) is 12.4. The smallest absolute Gasteiger partial charge is 0.256 e. The quantitative estimate of drug-likeness (QED) is 0.273. The number of nitrogens with zero attached hydrogens (tertiary/aromatic N) is 2. The van der Waals surface area contributed by atoms with Crippen molar-refractivity contribution in [3.63, 3.8) is 0 Å². The predicted molar refractivity (Wildman–Crippen MR) is 153 cm³/mol. The lowest BCUT2D eigenvalue weighted by Crippen LogP contribution is -2.06. The van der Waals surface area contributed by atoms with Crippen LogP contribution in [0.15, 0.2) is 126 Å². The van der Waals surface area contributed by atoms with Gasteiger partial charge in [-0.3, -0.25) is 4.79 Å². The molecule has 0 aliphatic heterocycles. The Morgan fingerprint density at radius 2 is 1.03 bits per heavy atom. The Bertz CT molecular complexity index is 2200. The van der Waals surface area contributed by atoms with Gasteiger partial charge < -0.3 is 14.1 Å². The molecule has 0 unspecified atom stereocenters. The van der Waals surface area contributed by atoms with E-state index in [0.717, 1.165) is 55.1 Å². The standard InChI is InChI=1S/C33H21N3O/c37-33-25-17-8-7-16-24(25)32-31(34-33)27-19-26-23-15-9-10-18-28(23)35(21-11-3-1-4-12-21)29(26)20-30(27)36(32)22-13-5-2-6-14-22/h1-20H,(H,34,37). The first-order valence-corrected chi connectivity index (χ1v) is 12.4. The van der Waals surface area contributed by atoms with Gasteiger partial charge in [-0.15, -0.1) is 0 Å². The molecule has 0 aliphatic rings. The van der Waals surface area contributed by atoms with E-state index in [1.54, 1.807) is 0 Å². The number of para-hydroxylation sites is 3. The molecule has 4 nitrogen and oxygen atoms in total. The molecule has 0 spiro atoms. The van der Waals surface area contributed by atoms with Crippen LogP contribution in [0.2, 0.25) is 0 Å². The molecular weight excluding hydrogens is 454 g/mol. The van der Waals surface area contributed by atoms with Crippen LogP contribution >= 0.6 is 0 Å². The summed E-state index contributed by atoms with van der Waals surface area (Å²) in [6.45, 7) is 0. The summed E-state index contributed by atoms with van der Waals surface area (Å²) in [6, 6.07) is 41.8. The average Bonchev–Trinajstić information content (AvgIpc) is 3.45. The summed E-state index contributed by atoms with van der Waals surface area (Å²) in [5, 5.41) is 5.02. The summed E-state index contributed by atoms with van der Waals surface area (Å²) in [4.78, 5) is 16.4. The van der Waals surface area contributed by atoms with E-state index in [1.807, 2.05) is 36.4 Å². The molecule has 0 radical (unpaired) electrons. The number of rotatable bonds is 2. The molecule has 5 aromatic carbocycles. The molecule has 4 heteroatoms. The van der Waals surface area contributed by atoms with Crippen LogP contribution in [-0.4, -0.2) is 14.1 Å². The van der Waals surface area contributed by atoms with Gasteiger partial charge in [0, 0.05) is 38.3 Å². The van der Waals surface area contributed by atoms with Crippen molar-refractivity contribution in [3.05, 3.63) is 132 Å². The molecule has 8 rings (SSSR count). The fourth-order valence-electron chi connectivity index (χ4n) is 5.90. The van der Waals surface area contributed by atoms with E-state index in [0.29, 0.717) is 5.39 Å². The van der Waals surface area contributed by atoms with Gasteiger partial charge in [-0.2, -0.15) is 0 Å². The van der Waals surface area contributed by atoms with Crippen molar-refractivity contribution < 1.29 is 0 Å². The highest BCUT2D eigenvalue weighted by Crippen LogP contribution is 2.40. The maximum atomic E-state index is 13.2.